The smallest absolute Gasteiger partial charge is 0.227 e. The molecular weight excluding hydrogens is 224 g/mol. The Labute approximate surface area is 99.8 Å². The van der Waals surface area contributed by atoms with Gasteiger partial charge in [-0.1, -0.05) is 12.8 Å². The molecule has 16 heavy (non-hydrogen) atoms. The highest BCUT2D eigenvalue weighted by Crippen LogP contribution is 2.37. The monoisotopic (exact) mass is 246 g/mol. The molecule has 1 fully saturated rings. The zero-order valence-corrected chi connectivity index (χ0v) is 10.8. The maximum Gasteiger partial charge on any atom is 0.227 e. The highest BCUT2D eigenvalue weighted by atomic mass is 32.2. The van der Waals surface area contributed by atoms with Gasteiger partial charge < -0.3 is 11.1 Å². The molecule has 4 nitrogen and oxygen atoms in total. The molecule has 1 unspecified atom stereocenters. The summed E-state index contributed by atoms with van der Waals surface area (Å²) in [4.78, 5) is 12.0. The van der Waals surface area contributed by atoms with E-state index in [0.717, 1.165) is 32.1 Å². The lowest BCUT2D eigenvalue weighted by Crippen LogP contribution is -2.44. The Morgan fingerprint density at radius 3 is 2.56 bits per heavy atom. The highest BCUT2D eigenvalue weighted by molar-refractivity contribution is 7.84. The van der Waals surface area contributed by atoms with E-state index in [-0.39, 0.29) is 11.3 Å². The Morgan fingerprint density at radius 1 is 1.44 bits per heavy atom. The quantitative estimate of drug-likeness (QED) is 0.666. The van der Waals surface area contributed by atoms with Crippen molar-refractivity contribution in [1.82, 2.24) is 5.32 Å². The van der Waals surface area contributed by atoms with Crippen LogP contribution in [0.1, 0.15) is 32.1 Å². The van der Waals surface area contributed by atoms with Crippen molar-refractivity contribution in [1.29, 1.82) is 0 Å². The number of nitrogens with two attached hydrogens (primary N) is 1. The van der Waals surface area contributed by atoms with Crippen LogP contribution in [0.3, 0.4) is 0 Å². The number of carbonyl (C=O) groups excluding carboxylic acids is 1. The first kappa shape index (κ1) is 13.6. The molecule has 1 saturated carbocycles. The molecule has 1 rings (SSSR count). The molecule has 1 aliphatic rings. The zero-order valence-electron chi connectivity index (χ0n) is 9.96. The predicted octanol–water partition coefficient (Wildman–Crippen LogP) is 0.390. The molecule has 0 bridgehead atoms. The summed E-state index contributed by atoms with van der Waals surface area (Å²) in [6.07, 6.45) is 6.48. The highest BCUT2D eigenvalue weighted by Gasteiger charge is 2.39. The zero-order chi connectivity index (χ0) is 12.0. The van der Waals surface area contributed by atoms with E-state index in [9.17, 15) is 9.00 Å². The van der Waals surface area contributed by atoms with E-state index in [0.29, 0.717) is 18.8 Å². The third kappa shape index (κ3) is 3.56. The van der Waals surface area contributed by atoms with Crippen molar-refractivity contribution in [3.8, 4) is 0 Å². The summed E-state index contributed by atoms with van der Waals surface area (Å²) >= 11 is 0. The van der Waals surface area contributed by atoms with Crippen molar-refractivity contribution in [3.63, 3.8) is 0 Å². The van der Waals surface area contributed by atoms with Crippen molar-refractivity contribution in [3.05, 3.63) is 0 Å². The van der Waals surface area contributed by atoms with Crippen LogP contribution in [0, 0.1) is 5.41 Å². The average molecular weight is 246 g/mol. The lowest BCUT2D eigenvalue weighted by Gasteiger charge is -2.25. The van der Waals surface area contributed by atoms with Gasteiger partial charge in [0.05, 0.1) is 5.41 Å². The Hall–Kier alpha value is -0.420. The van der Waals surface area contributed by atoms with E-state index in [2.05, 4.69) is 5.32 Å². The molecule has 0 heterocycles. The second-order valence-corrected chi connectivity index (χ2v) is 6.13. The van der Waals surface area contributed by atoms with Gasteiger partial charge in [-0.3, -0.25) is 9.00 Å². The normalized spacial score (nSPS) is 20.6. The second-order valence-electron chi connectivity index (χ2n) is 4.58. The van der Waals surface area contributed by atoms with Gasteiger partial charge >= 0.3 is 0 Å². The minimum atomic E-state index is -0.770. The van der Waals surface area contributed by atoms with E-state index in [4.69, 9.17) is 5.73 Å². The van der Waals surface area contributed by atoms with Crippen molar-refractivity contribution in [2.75, 3.05) is 25.1 Å². The van der Waals surface area contributed by atoms with Crippen LogP contribution in [-0.4, -0.2) is 35.2 Å². The topological polar surface area (TPSA) is 72.2 Å². The Balaban J connectivity index is 2.30. The van der Waals surface area contributed by atoms with Crippen LogP contribution >= 0.6 is 0 Å². The van der Waals surface area contributed by atoms with Gasteiger partial charge in [0.1, 0.15) is 0 Å². The Morgan fingerprint density at radius 2 is 2.06 bits per heavy atom. The first-order valence-electron chi connectivity index (χ1n) is 5.89. The molecule has 3 N–H and O–H groups in total. The summed E-state index contributed by atoms with van der Waals surface area (Å²) in [6.45, 7) is 1.05. The summed E-state index contributed by atoms with van der Waals surface area (Å²) in [5.41, 5.74) is 5.40. The molecule has 0 spiro atoms. The average Bonchev–Trinajstić information content (AvgIpc) is 2.73. The molecule has 0 saturated heterocycles. The molecule has 1 amide bonds. The molecule has 5 heteroatoms. The molecule has 0 aromatic heterocycles. The van der Waals surface area contributed by atoms with Gasteiger partial charge in [0.15, 0.2) is 0 Å². The van der Waals surface area contributed by atoms with Gasteiger partial charge in [0.25, 0.3) is 0 Å². The molecular formula is C11H22N2O2S. The fourth-order valence-corrected chi connectivity index (χ4v) is 2.79. The fourth-order valence-electron chi connectivity index (χ4n) is 2.24. The Bertz CT molecular complexity index is 263. The van der Waals surface area contributed by atoms with Crippen LogP contribution in [0.5, 0.6) is 0 Å². The number of amides is 1. The largest absolute Gasteiger partial charge is 0.356 e. The van der Waals surface area contributed by atoms with Gasteiger partial charge in [-0.25, -0.2) is 0 Å². The van der Waals surface area contributed by atoms with Crippen LogP contribution in [0.2, 0.25) is 0 Å². The van der Waals surface area contributed by atoms with Crippen molar-refractivity contribution < 1.29 is 9.00 Å². The van der Waals surface area contributed by atoms with Gasteiger partial charge in [-0.05, 0) is 19.3 Å². The van der Waals surface area contributed by atoms with Crippen molar-refractivity contribution >= 4 is 16.7 Å². The lowest BCUT2D eigenvalue weighted by molar-refractivity contribution is -0.130. The first-order valence-corrected chi connectivity index (χ1v) is 7.62. The van der Waals surface area contributed by atoms with Crippen LogP contribution in [0.25, 0.3) is 0 Å². The number of nitrogens with one attached hydrogen (secondary N) is 1. The summed E-state index contributed by atoms with van der Waals surface area (Å²) in [5, 5.41) is 2.92. The van der Waals surface area contributed by atoms with Gasteiger partial charge in [-0.15, -0.1) is 0 Å². The van der Waals surface area contributed by atoms with Crippen LogP contribution in [0.15, 0.2) is 0 Å². The van der Waals surface area contributed by atoms with E-state index < -0.39 is 10.8 Å². The maximum absolute atomic E-state index is 12.0. The standard InChI is InChI=1S/C11H22N2O2S/c1-16(15)8-4-7-13-10(14)11(9-12)5-2-3-6-11/h2-9,12H2,1H3,(H,13,14). The van der Waals surface area contributed by atoms with Gasteiger partial charge in [0, 0.05) is 35.9 Å². The van der Waals surface area contributed by atoms with E-state index in [1.807, 2.05) is 0 Å². The van der Waals surface area contributed by atoms with Crippen LogP contribution in [-0.2, 0) is 15.6 Å². The fraction of sp³-hybridized carbons (Fsp3) is 0.909. The summed E-state index contributed by atoms with van der Waals surface area (Å²) in [5.74, 6) is 0.741. The van der Waals surface area contributed by atoms with Crippen molar-refractivity contribution in [2.45, 2.75) is 32.1 Å². The number of hydrogen-bond acceptors (Lipinski definition) is 3. The van der Waals surface area contributed by atoms with Crippen LogP contribution in [0.4, 0.5) is 0 Å². The van der Waals surface area contributed by atoms with E-state index in [1.54, 1.807) is 6.26 Å². The van der Waals surface area contributed by atoms with Crippen LogP contribution < -0.4 is 11.1 Å². The SMILES string of the molecule is CS(=O)CCCNC(=O)C1(CN)CCCC1. The first-order chi connectivity index (χ1) is 7.60. The molecule has 1 aliphatic carbocycles. The molecule has 0 aromatic rings. The van der Waals surface area contributed by atoms with E-state index in [1.165, 1.54) is 0 Å². The summed E-state index contributed by atoms with van der Waals surface area (Å²) in [7, 11) is -0.770. The predicted molar refractivity (Wildman–Crippen MR) is 66.5 cm³/mol. The third-order valence-corrected chi connectivity index (χ3v) is 4.19. The minimum absolute atomic E-state index is 0.0920. The minimum Gasteiger partial charge on any atom is -0.356 e. The molecule has 0 radical (unpaired) electrons. The lowest BCUT2D eigenvalue weighted by atomic mass is 9.85. The molecule has 0 aromatic carbocycles. The number of rotatable bonds is 6. The second kappa shape index (κ2) is 6.35. The Kier molecular flexibility index (Phi) is 5.41. The maximum atomic E-state index is 12.0. The van der Waals surface area contributed by atoms with Crippen molar-refractivity contribution in [2.24, 2.45) is 11.1 Å². The van der Waals surface area contributed by atoms with Gasteiger partial charge in [-0.2, -0.15) is 0 Å². The molecule has 94 valence electrons. The molecule has 0 aliphatic heterocycles. The number of carbonyl (C=O) groups is 1. The number of hydrogen-bond donors (Lipinski definition) is 2. The summed E-state index contributed by atoms with van der Waals surface area (Å²) in [6, 6.07) is 0. The summed E-state index contributed by atoms with van der Waals surface area (Å²) < 4.78 is 10.8. The third-order valence-electron chi connectivity index (χ3n) is 3.33. The van der Waals surface area contributed by atoms with E-state index >= 15 is 0 Å². The molecule has 1 atom stereocenters. The van der Waals surface area contributed by atoms with Gasteiger partial charge in [0.2, 0.25) is 5.91 Å².